The molecule has 2 nitrogen and oxygen atoms in total. The average Bonchev–Trinajstić information content (AvgIpc) is 2.36. The molecule has 0 aromatic heterocycles. The van der Waals surface area contributed by atoms with Crippen molar-refractivity contribution in [3.63, 3.8) is 0 Å². The number of hydrogen-bond acceptors (Lipinski definition) is 2. The molecule has 2 fully saturated rings. The van der Waals surface area contributed by atoms with Crippen molar-refractivity contribution in [3.05, 3.63) is 0 Å². The summed E-state index contributed by atoms with van der Waals surface area (Å²) in [6.07, 6.45) is 6.95. The summed E-state index contributed by atoms with van der Waals surface area (Å²) in [5.41, 5.74) is 6.58. The SMILES string of the molecule is N[C@H]1CNCC12CCCCC2. The number of hydrogen-bond donors (Lipinski definition) is 2. The standard InChI is InChI=1S/C9H18N2/c10-8-6-11-7-9(8)4-2-1-3-5-9/h8,11H,1-7,10H2/t8-/m0/s1. The van der Waals surface area contributed by atoms with Crippen molar-refractivity contribution in [2.75, 3.05) is 13.1 Å². The summed E-state index contributed by atoms with van der Waals surface area (Å²) in [5.74, 6) is 0. The molecule has 0 aromatic rings. The van der Waals surface area contributed by atoms with Gasteiger partial charge in [0.1, 0.15) is 0 Å². The summed E-state index contributed by atoms with van der Waals surface area (Å²) in [4.78, 5) is 0. The molecule has 2 aliphatic rings. The first-order chi connectivity index (χ1) is 5.33. The minimum atomic E-state index is 0.433. The molecule has 2 heteroatoms. The van der Waals surface area contributed by atoms with Crippen LogP contribution in [0, 0.1) is 5.41 Å². The fourth-order valence-corrected chi connectivity index (χ4v) is 2.63. The highest BCUT2D eigenvalue weighted by Gasteiger charge is 2.40. The van der Waals surface area contributed by atoms with E-state index in [2.05, 4.69) is 5.32 Å². The molecule has 1 atom stereocenters. The van der Waals surface area contributed by atoms with Crippen molar-refractivity contribution in [1.82, 2.24) is 5.32 Å². The van der Waals surface area contributed by atoms with Crippen LogP contribution in [0.5, 0.6) is 0 Å². The second kappa shape index (κ2) is 2.76. The Kier molecular flexibility index (Phi) is 1.90. The van der Waals surface area contributed by atoms with Crippen molar-refractivity contribution in [2.24, 2.45) is 11.1 Å². The van der Waals surface area contributed by atoms with E-state index >= 15 is 0 Å². The van der Waals surface area contributed by atoms with Crippen LogP contribution in [0.2, 0.25) is 0 Å². The van der Waals surface area contributed by atoms with Crippen LogP contribution in [0.15, 0.2) is 0 Å². The third kappa shape index (κ3) is 1.18. The van der Waals surface area contributed by atoms with Crippen molar-refractivity contribution in [1.29, 1.82) is 0 Å². The first-order valence-corrected chi connectivity index (χ1v) is 4.80. The first kappa shape index (κ1) is 7.56. The van der Waals surface area contributed by atoms with Gasteiger partial charge in [0.05, 0.1) is 0 Å². The molecule has 1 aliphatic heterocycles. The third-order valence-corrected chi connectivity index (χ3v) is 3.48. The number of nitrogens with one attached hydrogen (secondary N) is 1. The Labute approximate surface area is 68.5 Å². The van der Waals surface area contributed by atoms with Crippen LogP contribution in [0.1, 0.15) is 32.1 Å². The Bertz CT molecular complexity index is 138. The fraction of sp³-hybridized carbons (Fsp3) is 1.00. The van der Waals surface area contributed by atoms with Crippen LogP contribution in [-0.2, 0) is 0 Å². The zero-order valence-electron chi connectivity index (χ0n) is 7.10. The van der Waals surface area contributed by atoms with Crippen LogP contribution in [0.4, 0.5) is 0 Å². The van der Waals surface area contributed by atoms with Gasteiger partial charge in [0.25, 0.3) is 0 Å². The summed E-state index contributed by atoms with van der Waals surface area (Å²) in [6.45, 7) is 2.22. The van der Waals surface area contributed by atoms with E-state index in [9.17, 15) is 0 Å². The molecule has 11 heavy (non-hydrogen) atoms. The number of nitrogens with two attached hydrogens (primary N) is 1. The molecule has 1 aliphatic carbocycles. The van der Waals surface area contributed by atoms with E-state index in [0.29, 0.717) is 11.5 Å². The van der Waals surface area contributed by atoms with Crippen LogP contribution >= 0.6 is 0 Å². The lowest BCUT2D eigenvalue weighted by Crippen LogP contribution is -2.41. The lowest BCUT2D eigenvalue weighted by molar-refractivity contribution is 0.191. The predicted molar refractivity (Wildman–Crippen MR) is 46.4 cm³/mol. The summed E-state index contributed by atoms with van der Waals surface area (Å²) < 4.78 is 0. The Morgan fingerprint density at radius 3 is 2.45 bits per heavy atom. The van der Waals surface area contributed by atoms with Gasteiger partial charge in [0.15, 0.2) is 0 Å². The van der Waals surface area contributed by atoms with Gasteiger partial charge in [-0.25, -0.2) is 0 Å². The average molecular weight is 154 g/mol. The van der Waals surface area contributed by atoms with Gasteiger partial charge in [-0.05, 0) is 18.3 Å². The highest BCUT2D eigenvalue weighted by atomic mass is 15.0. The van der Waals surface area contributed by atoms with Crippen molar-refractivity contribution in [2.45, 2.75) is 38.1 Å². The second-order valence-electron chi connectivity index (χ2n) is 4.16. The maximum absolute atomic E-state index is 6.08. The number of rotatable bonds is 0. The Morgan fingerprint density at radius 1 is 1.18 bits per heavy atom. The Hall–Kier alpha value is -0.0800. The zero-order valence-corrected chi connectivity index (χ0v) is 7.10. The molecule has 1 spiro atoms. The van der Waals surface area contributed by atoms with Gasteiger partial charge in [-0.2, -0.15) is 0 Å². The van der Waals surface area contributed by atoms with Crippen molar-refractivity contribution >= 4 is 0 Å². The van der Waals surface area contributed by atoms with E-state index in [1.165, 1.54) is 38.6 Å². The molecule has 1 saturated carbocycles. The van der Waals surface area contributed by atoms with Gasteiger partial charge in [0, 0.05) is 19.1 Å². The summed E-state index contributed by atoms with van der Waals surface area (Å²) >= 11 is 0. The van der Waals surface area contributed by atoms with E-state index < -0.39 is 0 Å². The molecule has 0 aromatic carbocycles. The molecule has 0 amide bonds. The smallest absolute Gasteiger partial charge is 0.0234 e. The van der Waals surface area contributed by atoms with Gasteiger partial charge in [-0.15, -0.1) is 0 Å². The maximum atomic E-state index is 6.08. The molecule has 0 radical (unpaired) electrons. The van der Waals surface area contributed by atoms with E-state index in [-0.39, 0.29) is 0 Å². The van der Waals surface area contributed by atoms with Crippen LogP contribution in [0.3, 0.4) is 0 Å². The predicted octanol–water partition coefficient (Wildman–Crippen LogP) is 0.867. The van der Waals surface area contributed by atoms with Crippen LogP contribution < -0.4 is 11.1 Å². The summed E-state index contributed by atoms with van der Waals surface area (Å²) in [7, 11) is 0. The lowest BCUT2D eigenvalue weighted by Gasteiger charge is -2.36. The molecule has 0 bridgehead atoms. The van der Waals surface area contributed by atoms with E-state index in [4.69, 9.17) is 5.73 Å². The molecule has 1 saturated heterocycles. The van der Waals surface area contributed by atoms with E-state index in [1.54, 1.807) is 0 Å². The topological polar surface area (TPSA) is 38.0 Å². The summed E-state index contributed by atoms with van der Waals surface area (Å²) in [5, 5.41) is 3.41. The first-order valence-electron chi connectivity index (χ1n) is 4.80. The monoisotopic (exact) mass is 154 g/mol. The fourth-order valence-electron chi connectivity index (χ4n) is 2.63. The van der Waals surface area contributed by atoms with E-state index in [0.717, 1.165) is 6.54 Å². The summed E-state index contributed by atoms with van der Waals surface area (Å²) in [6, 6.07) is 0.433. The van der Waals surface area contributed by atoms with Gasteiger partial charge in [-0.1, -0.05) is 19.3 Å². The van der Waals surface area contributed by atoms with Crippen LogP contribution in [0.25, 0.3) is 0 Å². The van der Waals surface area contributed by atoms with Crippen molar-refractivity contribution < 1.29 is 0 Å². The Morgan fingerprint density at radius 2 is 1.91 bits per heavy atom. The Balaban J connectivity index is 2.06. The molecular weight excluding hydrogens is 136 g/mol. The quantitative estimate of drug-likeness (QED) is 0.543. The minimum absolute atomic E-state index is 0.433. The molecular formula is C9H18N2. The van der Waals surface area contributed by atoms with Crippen LogP contribution in [-0.4, -0.2) is 19.1 Å². The highest BCUT2D eigenvalue weighted by Crippen LogP contribution is 2.39. The normalized spacial score (nSPS) is 36.3. The molecule has 0 unspecified atom stereocenters. The van der Waals surface area contributed by atoms with Crippen molar-refractivity contribution in [3.8, 4) is 0 Å². The van der Waals surface area contributed by atoms with Gasteiger partial charge in [-0.3, -0.25) is 0 Å². The van der Waals surface area contributed by atoms with Gasteiger partial charge < -0.3 is 11.1 Å². The molecule has 1 heterocycles. The van der Waals surface area contributed by atoms with Gasteiger partial charge in [0.2, 0.25) is 0 Å². The minimum Gasteiger partial charge on any atom is -0.326 e. The molecule has 64 valence electrons. The molecule has 2 rings (SSSR count). The second-order valence-corrected chi connectivity index (χ2v) is 4.16. The molecule has 3 N–H and O–H groups in total. The zero-order chi connectivity index (χ0) is 7.73. The van der Waals surface area contributed by atoms with Gasteiger partial charge >= 0.3 is 0 Å². The third-order valence-electron chi connectivity index (χ3n) is 3.48. The lowest BCUT2D eigenvalue weighted by atomic mass is 9.71. The largest absolute Gasteiger partial charge is 0.326 e. The maximum Gasteiger partial charge on any atom is 0.0234 e. The highest BCUT2D eigenvalue weighted by molar-refractivity contribution is 4.98. The van der Waals surface area contributed by atoms with E-state index in [1.807, 2.05) is 0 Å².